The first-order valence-corrected chi connectivity index (χ1v) is 11.3. The summed E-state index contributed by atoms with van der Waals surface area (Å²) in [5, 5.41) is 10.4. The summed E-state index contributed by atoms with van der Waals surface area (Å²) in [6, 6.07) is 11.6. The maximum Gasteiger partial charge on any atom is 0.322 e. The Morgan fingerprint density at radius 3 is 2.39 bits per heavy atom. The van der Waals surface area contributed by atoms with E-state index in [1.807, 2.05) is 26.0 Å². The predicted octanol–water partition coefficient (Wildman–Crippen LogP) is 3.56. The first-order valence-electron chi connectivity index (χ1n) is 9.86. The van der Waals surface area contributed by atoms with Crippen LogP contribution in [0.3, 0.4) is 0 Å². The average molecular weight is 443 g/mol. The van der Waals surface area contributed by atoms with Crippen molar-refractivity contribution in [2.24, 2.45) is 0 Å². The topological polar surface area (TPSA) is 105 Å². The zero-order valence-corrected chi connectivity index (χ0v) is 19.0. The Hall–Kier alpha value is -3.04. The molecular weight excluding hydrogens is 416 g/mol. The molecule has 0 unspecified atom stereocenters. The highest BCUT2D eigenvalue weighted by Gasteiger charge is 2.23. The fraction of sp³-hybridized carbons (Fsp3) is 0.318. The molecule has 0 atom stereocenters. The summed E-state index contributed by atoms with van der Waals surface area (Å²) >= 11 is 0. The van der Waals surface area contributed by atoms with Gasteiger partial charge in [-0.3, -0.25) is 10.1 Å². The minimum atomic E-state index is -3.61. The highest BCUT2D eigenvalue weighted by atomic mass is 32.2. The van der Waals surface area contributed by atoms with Crippen molar-refractivity contribution >= 4 is 21.9 Å². The number of carbonyl (C=O) groups excluding carboxylic acids is 1. The van der Waals surface area contributed by atoms with Crippen LogP contribution >= 0.6 is 0 Å². The number of aromatic nitrogens is 2. The molecule has 0 radical (unpaired) electrons. The fourth-order valence-corrected chi connectivity index (χ4v) is 4.34. The van der Waals surface area contributed by atoms with Gasteiger partial charge in [-0.05, 0) is 63.1 Å². The van der Waals surface area contributed by atoms with Crippen LogP contribution in [-0.2, 0) is 16.4 Å². The van der Waals surface area contributed by atoms with Gasteiger partial charge >= 0.3 is 6.01 Å². The smallest absolute Gasteiger partial charge is 0.322 e. The van der Waals surface area contributed by atoms with Gasteiger partial charge in [0.15, 0.2) is 0 Å². The first-order chi connectivity index (χ1) is 14.6. The molecule has 1 heterocycles. The number of nitrogens with one attached hydrogen (secondary N) is 1. The second-order valence-electron chi connectivity index (χ2n) is 7.70. The molecule has 9 heteroatoms. The summed E-state index contributed by atoms with van der Waals surface area (Å²) in [5.74, 6) is -0.0803. The average Bonchev–Trinajstić information content (AvgIpc) is 3.16. The molecule has 1 N–H and O–H groups in total. The summed E-state index contributed by atoms with van der Waals surface area (Å²) in [7, 11) is -2.09. The van der Waals surface area contributed by atoms with Crippen LogP contribution < -0.4 is 5.32 Å². The summed E-state index contributed by atoms with van der Waals surface area (Å²) in [6.07, 6.45) is 0.463. The lowest BCUT2D eigenvalue weighted by Crippen LogP contribution is -2.33. The van der Waals surface area contributed by atoms with Crippen LogP contribution in [-0.4, -0.2) is 41.9 Å². The molecule has 0 spiro atoms. The lowest BCUT2D eigenvalue weighted by molar-refractivity contribution is 0.102. The van der Waals surface area contributed by atoms with E-state index in [1.54, 1.807) is 13.8 Å². The van der Waals surface area contributed by atoms with Crippen LogP contribution in [0.15, 0.2) is 51.8 Å². The Morgan fingerprint density at radius 2 is 1.77 bits per heavy atom. The Labute approximate surface area is 182 Å². The SMILES string of the molecule is Cc1ccc(Cc2nnc(NC(=O)c3ccc(S(=O)(=O)N(C)C(C)C)cc3)o2)c(C)c1. The summed E-state index contributed by atoms with van der Waals surface area (Å²) in [6.45, 7) is 7.63. The van der Waals surface area contributed by atoms with Crippen molar-refractivity contribution in [1.82, 2.24) is 14.5 Å². The van der Waals surface area contributed by atoms with Crippen LogP contribution in [0.25, 0.3) is 0 Å². The van der Waals surface area contributed by atoms with Gasteiger partial charge < -0.3 is 4.42 Å². The van der Waals surface area contributed by atoms with Gasteiger partial charge in [-0.2, -0.15) is 4.31 Å². The van der Waals surface area contributed by atoms with E-state index in [9.17, 15) is 13.2 Å². The zero-order chi connectivity index (χ0) is 22.8. The fourth-order valence-electron chi connectivity index (χ4n) is 2.97. The largest absolute Gasteiger partial charge is 0.407 e. The second-order valence-corrected chi connectivity index (χ2v) is 9.70. The van der Waals surface area contributed by atoms with Crippen LogP contribution in [0.1, 0.15) is 46.8 Å². The third-order valence-corrected chi connectivity index (χ3v) is 7.10. The highest BCUT2D eigenvalue weighted by Crippen LogP contribution is 2.19. The van der Waals surface area contributed by atoms with Crippen molar-refractivity contribution in [1.29, 1.82) is 0 Å². The molecule has 0 saturated heterocycles. The maximum atomic E-state index is 12.5. The summed E-state index contributed by atoms with van der Waals surface area (Å²) < 4.78 is 31.9. The molecule has 0 aliphatic rings. The lowest BCUT2D eigenvalue weighted by atomic mass is 10.0. The van der Waals surface area contributed by atoms with Gasteiger partial charge in [0.2, 0.25) is 15.9 Å². The van der Waals surface area contributed by atoms with Crippen LogP contribution in [0.5, 0.6) is 0 Å². The predicted molar refractivity (Wildman–Crippen MR) is 118 cm³/mol. The van der Waals surface area contributed by atoms with Crippen LogP contribution in [0.4, 0.5) is 6.01 Å². The van der Waals surface area contributed by atoms with Crippen LogP contribution in [0.2, 0.25) is 0 Å². The molecule has 31 heavy (non-hydrogen) atoms. The second kappa shape index (κ2) is 8.99. The molecule has 1 aromatic heterocycles. The quantitative estimate of drug-likeness (QED) is 0.600. The number of benzene rings is 2. The van der Waals surface area contributed by atoms with Gasteiger partial charge in [0, 0.05) is 18.7 Å². The lowest BCUT2D eigenvalue weighted by Gasteiger charge is -2.20. The number of anilines is 1. The Kier molecular flexibility index (Phi) is 6.56. The molecule has 3 aromatic rings. The highest BCUT2D eigenvalue weighted by molar-refractivity contribution is 7.89. The van der Waals surface area contributed by atoms with Crippen LogP contribution in [0, 0.1) is 13.8 Å². The van der Waals surface area contributed by atoms with E-state index in [0.29, 0.717) is 12.3 Å². The molecule has 0 fully saturated rings. The van der Waals surface area contributed by atoms with Crippen molar-refractivity contribution in [3.63, 3.8) is 0 Å². The number of nitrogens with zero attached hydrogens (tertiary/aromatic N) is 3. The number of hydrogen-bond acceptors (Lipinski definition) is 6. The minimum absolute atomic E-state index is 0.0130. The van der Waals surface area contributed by atoms with E-state index in [0.717, 1.165) is 11.1 Å². The summed E-state index contributed by atoms with van der Waals surface area (Å²) in [5.41, 5.74) is 3.65. The number of sulfonamides is 1. The monoisotopic (exact) mass is 442 g/mol. The molecular formula is C22H26N4O4S. The van der Waals surface area contributed by atoms with Gasteiger partial charge in [0.25, 0.3) is 5.91 Å². The third-order valence-electron chi connectivity index (χ3n) is 5.05. The Bertz CT molecular complexity index is 1180. The van der Waals surface area contributed by atoms with Crippen molar-refractivity contribution < 1.29 is 17.6 Å². The minimum Gasteiger partial charge on any atom is -0.407 e. The number of carbonyl (C=O) groups is 1. The first kappa shape index (κ1) is 22.6. The van der Waals surface area contributed by atoms with Gasteiger partial charge in [0.1, 0.15) is 0 Å². The Balaban J connectivity index is 1.68. The van der Waals surface area contributed by atoms with Crippen molar-refractivity contribution in [3.05, 3.63) is 70.6 Å². The molecule has 0 saturated carbocycles. The number of hydrogen-bond donors (Lipinski definition) is 1. The number of rotatable bonds is 7. The van der Waals surface area contributed by atoms with E-state index in [2.05, 4.69) is 21.6 Å². The molecule has 164 valence electrons. The molecule has 0 aliphatic carbocycles. The molecule has 0 aliphatic heterocycles. The van der Waals surface area contributed by atoms with Gasteiger partial charge in [-0.1, -0.05) is 28.9 Å². The molecule has 8 nitrogen and oxygen atoms in total. The zero-order valence-electron chi connectivity index (χ0n) is 18.2. The van der Waals surface area contributed by atoms with Gasteiger partial charge in [0.05, 0.1) is 11.3 Å². The number of amides is 1. The number of aryl methyl sites for hydroxylation is 2. The molecule has 1 amide bonds. The van der Waals surface area contributed by atoms with Crippen molar-refractivity contribution in [2.45, 2.75) is 45.1 Å². The molecule has 2 aromatic carbocycles. The van der Waals surface area contributed by atoms with E-state index in [4.69, 9.17) is 4.42 Å². The van der Waals surface area contributed by atoms with E-state index < -0.39 is 15.9 Å². The molecule has 3 rings (SSSR count). The third kappa shape index (κ3) is 5.18. The normalized spacial score (nSPS) is 11.8. The van der Waals surface area contributed by atoms with Crippen molar-refractivity contribution in [2.75, 3.05) is 12.4 Å². The maximum absolute atomic E-state index is 12.5. The summed E-state index contributed by atoms with van der Waals surface area (Å²) in [4.78, 5) is 12.6. The molecule has 0 bridgehead atoms. The van der Waals surface area contributed by atoms with Crippen molar-refractivity contribution in [3.8, 4) is 0 Å². The van der Waals surface area contributed by atoms with E-state index in [-0.39, 0.29) is 22.5 Å². The standard InChI is InChI=1S/C22H26N4O4S/c1-14(2)26(5)31(28,29)19-10-8-17(9-11-19)21(27)23-22-25-24-20(30-22)13-18-7-6-15(3)12-16(18)4/h6-12,14H,13H2,1-5H3,(H,23,25,27). The van der Waals surface area contributed by atoms with Gasteiger partial charge in [-0.25, -0.2) is 8.42 Å². The van der Waals surface area contributed by atoms with Gasteiger partial charge in [-0.15, -0.1) is 5.10 Å². The van der Waals surface area contributed by atoms with E-state index in [1.165, 1.54) is 41.2 Å². The Morgan fingerprint density at radius 1 is 1.10 bits per heavy atom. The van der Waals surface area contributed by atoms with E-state index >= 15 is 0 Å².